The van der Waals surface area contributed by atoms with Crippen molar-refractivity contribution in [1.82, 2.24) is 14.8 Å². The summed E-state index contributed by atoms with van der Waals surface area (Å²) in [6, 6.07) is 4.20. The first-order valence-electron chi connectivity index (χ1n) is 5.99. The summed E-state index contributed by atoms with van der Waals surface area (Å²) < 4.78 is 37.6. The second-order valence-electron chi connectivity index (χ2n) is 4.35. The molecule has 0 saturated carbocycles. The van der Waals surface area contributed by atoms with E-state index < -0.39 is 9.05 Å². The van der Waals surface area contributed by atoms with Gasteiger partial charge in [0.2, 0.25) is 0 Å². The molecule has 1 heterocycles. The lowest BCUT2D eigenvalue weighted by atomic mass is 10.1. The third-order valence-corrected chi connectivity index (χ3v) is 3.96. The van der Waals surface area contributed by atoms with Gasteiger partial charge in [0.1, 0.15) is 5.82 Å². The van der Waals surface area contributed by atoms with Crippen LogP contribution >= 0.6 is 10.7 Å². The van der Waals surface area contributed by atoms with Crippen LogP contribution in [0.3, 0.4) is 0 Å². The van der Waals surface area contributed by atoms with E-state index in [-0.39, 0.29) is 11.0 Å². The normalized spacial score (nSPS) is 11.8. The van der Waals surface area contributed by atoms with Crippen molar-refractivity contribution in [2.24, 2.45) is 0 Å². The molecule has 2 aromatic rings. The molecule has 0 unspecified atom stereocenters. The molecule has 2 rings (SSSR count). The fourth-order valence-corrected chi connectivity index (χ4v) is 2.89. The van der Waals surface area contributed by atoms with Crippen molar-refractivity contribution in [2.45, 2.75) is 32.0 Å². The molecular weight excluding hydrogens is 305 g/mol. The molecule has 0 bridgehead atoms. The van der Waals surface area contributed by atoms with Gasteiger partial charge in [0.25, 0.3) is 14.2 Å². The van der Waals surface area contributed by atoms with Gasteiger partial charge >= 0.3 is 0 Å². The van der Waals surface area contributed by atoms with Gasteiger partial charge in [-0.1, -0.05) is 6.92 Å². The number of aryl methyl sites for hydroxylation is 1. The lowest BCUT2D eigenvalue weighted by molar-refractivity contribution is 0.569. The highest BCUT2D eigenvalue weighted by molar-refractivity contribution is 8.13. The number of rotatable bonds is 4. The van der Waals surface area contributed by atoms with Crippen molar-refractivity contribution >= 4 is 19.7 Å². The summed E-state index contributed by atoms with van der Waals surface area (Å²) in [6.45, 7) is 4.02. The van der Waals surface area contributed by atoms with E-state index in [1.54, 1.807) is 13.0 Å². The quantitative estimate of drug-likeness (QED) is 0.813. The van der Waals surface area contributed by atoms with Gasteiger partial charge < -0.3 is 0 Å². The zero-order chi connectivity index (χ0) is 14.9. The third-order valence-electron chi connectivity index (χ3n) is 2.81. The molecule has 0 radical (unpaired) electrons. The van der Waals surface area contributed by atoms with Crippen molar-refractivity contribution < 1.29 is 12.8 Å². The van der Waals surface area contributed by atoms with Crippen LogP contribution in [-0.2, 0) is 15.6 Å². The van der Waals surface area contributed by atoms with E-state index >= 15 is 0 Å². The Labute approximate surface area is 120 Å². The van der Waals surface area contributed by atoms with Gasteiger partial charge in [-0.3, -0.25) is 4.57 Å². The predicted molar refractivity (Wildman–Crippen MR) is 73.5 cm³/mol. The third kappa shape index (κ3) is 2.83. The van der Waals surface area contributed by atoms with Gasteiger partial charge in [-0.05, 0) is 37.1 Å². The monoisotopic (exact) mass is 317 g/mol. The van der Waals surface area contributed by atoms with Crippen LogP contribution in [0.25, 0.3) is 11.4 Å². The summed E-state index contributed by atoms with van der Waals surface area (Å²) in [7, 11) is 1.38. The lowest BCUT2D eigenvalue weighted by Gasteiger charge is -2.09. The summed E-state index contributed by atoms with van der Waals surface area (Å²) in [4.78, 5) is 0. The minimum Gasteiger partial charge on any atom is -0.297 e. The molecular formula is C12H13ClFN3O2S. The van der Waals surface area contributed by atoms with E-state index in [4.69, 9.17) is 10.7 Å². The summed E-state index contributed by atoms with van der Waals surface area (Å²) >= 11 is 0. The summed E-state index contributed by atoms with van der Waals surface area (Å²) in [5.74, 6) is 0.00145. The van der Waals surface area contributed by atoms with Crippen molar-refractivity contribution in [1.29, 1.82) is 0 Å². The smallest absolute Gasteiger partial charge is 0.296 e. The molecule has 0 fully saturated rings. The van der Waals surface area contributed by atoms with Crippen molar-refractivity contribution in [3.8, 4) is 11.4 Å². The van der Waals surface area contributed by atoms with Gasteiger partial charge in [0.15, 0.2) is 5.82 Å². The van der Waals surface area contributed by atoms with E-state index in [9.17, 15) is 12.8 Å². The predicted octanol–water partition coefficient (Wildman–Crippen LogP) is 2.73. The number of benzene rings is 1. The molecule has 0 aliphatic heterocycles. The number of halogens is 2. The largest absolute Gasteiger partial charge is 0.297 e. The van der Waals surface area contributed by atoms with Gasteiger partial charge in [-0.15, -0.1) is 10.2 Å². The Hall–Kier alpha value is -1.47. The zero-order valence-electron chi connectivity index (χ0n) is 11.0. The first kappa shape index (κ1) is 14.9. The number of nitrogens with zero attached hydrogens (tertiary/aromatic N) is 3. The number of aromatic nitrogens is 3. The molecule has 0 spiro atoms. The molecule has 0 amide bonds. The fraction of sp³-hybridized carbons (Fsp3) is 0.333. The standard InChI is InChI=1S/C12H13ClFN3O2S/c1-3-6-17-11(15-16-12(17)20(13,18)19)10-5-4-9(14)7-8(10)2/h4-5,7H,3,6H2,1-2H3. The van der Waals surface area contributed by atoms with Crippen LogP contribution in [-0.4, -0.2) is 23.2 Å². The van der Waals surface area contributed by atoms with E-state index in [1.165, 1.54) is 16.7 Å². The highest BCUT2D eigenvalue weighted by atomic mass is 35.7. The topological polar surface area (TPSA) is 64.8 Å². The average molecular weight is 318 g/mol. The molecule has 0 aliphatic carbocycles. The Balaban J connectivity index is 2.66. The molecule has 108 valence electrons. The Morgan fingerprint density at radius 3 is 2.60 bits per heavy atom. The second-order valence-corrected chi connectivity index (χ2v) is 6.81. The first-order valence-corrected chi connectivity index (χ1v) is 8.30. The molecule has 0 saturated heterocycles. The maximum atomic E-state index is 13.1. The van der Waals surface area contributed by atoms with Crippen LogP contribution in [0.15, 0.2) is 23.4 Å². The molecule has 0 aliphatic rings. The van der Waals surface area contributed by atoms with Crippen molar-refractivity contribution in [3.05, 3.63) is 29.6 Å². The van der Waals surface area contributed by atoms with Crippen LogP contribution < -0.4 is 0 Å². The second kappa shape index (κ2) is 5.49. The minimum atomic E-state index is -3.98. The number of hydrogen-bond donors (Lipinski definition) is 0. The van der Waals surface area contributed by atoms with Crippen LogP contribution in [0, 0.1) is 12.7 Å². The maximum absolute atomic E-state index is 13.1. The van der Waals surface area contributed by atoms with Crippen LogP contribution in [0.1, 0.15) is 18.9 Å². The molecule has 20 heavy (non-hydrogen) atoms. The van der Waals surface area contributed by atoms with Gasteiger partial charge in [0, 0.05) is 22.8 Å². The number of hydrogen-bond acceptors (Lipinski definition) is 4. The minimum absolute atomic E-state index is 0.292. The average Bonchev–Trinajstić information content (AvgIpc) is 2.73. The van der Waals surface area contributed by atoms with Crippen LogP contribution in [0.4, 0.5) is 4.39 Å². The van der Waals surface area contributed by atoms with E-state index in [2.05, 4.69) is 10.2 Å². The Kier molecular flexibility index (Phi) is 4.10. The Morgan fingerprint density at radius 1 is 1.35 bits per heavy atom. The Bertz CT molecular complexity index is 743. The fourth-order valence-electron chi connectivity index (χ4n) is 1.97. The molecule has 0 N–H and O–H groups in total. The Morgan fingerprint density at radius 2 is 2.05 bits per heavy atom. The van der Waals surface area contributed by atoms with Gasteiger partial charge in [-0.25, -0.2) is 12.8 Å². The highest BCUT2D eigenvalue weighted by Gasteiger charge is 2.23. The highest BCUT2D eigenvalue weighted by Crippen LogP contribution is 2.26. The molecule has 8 heteroatoms. The van der Waals surface area contributed by atoms with Gasteiger partial charge in [0.05, 0.1) is 0 Å². The van der Waals surface area contributed by atoms with Crippen molar-refractivity contribution in [3.63, 3.8) is 0 Å². The molecule has 1 aromatic heterocycles. The SMILES string of the molecule is CCCn1c(-c2ccc(F)cc2C)nnc1S(=O)(=O)Cl. The van der Waals surface area contributed by atoms with Gasteiger partial charge in [-0.2, -0.15) is 0 Å². The summed E-state index contributed by atoms with van der Waals surface area (Å²) in [5.41, 5.74) is 1.27. The summed E-state index contributed by atoms with van der Waals surface area (Å²) in [6.07, 6.45) is 0.685. The van der Waals surface area contributed by atoms with Crippen molar-refractivity contribution in [2.75, 3.05) is 0 Å². The lowest BCUT2D eigenvalue weighted by Crippen LogP contribution is -2.08. The van der Waals surface area contributed by atoms with E-state index in [0.29, 0.717) is 29.9 Å². The molecule has 5 nitrogen and oxygen atoms in total. The molecule has 0 atom stereocenters. The summed E-state index contributed by atoms with van der Waals surface area (Å²) in [5, 5.41) is 7.24. The molecule has 1 aromatic carbocycles. The van der Waals surface area contributed by atoms with E-state index in [0.717, 1.165) is 0 Å². The zero-order valence-corrected chi connectivity index (χ0v) is 12.5. The first-order chi connectivity index (χ1) is 9.34. The van der Waals surface area contributed by atoms with Crippen LogP contribution in [0.5, 0.6) is 0 Å². The maximum Gasteiger partial charge on any atom is 0.296 e. The van der Waals surface area contributed by atoms with Crippen LogP contribution in [0.2, 0.25) is 0 Å². The van der Waals surface area contributed by atoms with E-state index in [1.807, 2.05) is 6.92 Å².